The van der Waals surface area contributed by atoms with E-state index in [0.717, 1.165) is 12.8 Å². The summed E-state index contributed by atoms with van der Waals surface area (Å²) < 4.78 is 0. The van der Waals surface area contributed by atoms with Gasteiger partial charge in [-0.1, -0.05) is 33.6 Å². The Morgan fingerprint density at radius 2 is 1.87 bits per heavy atom. The lowest BCUT2D eigenvalue weighted by Crippen LogP contribution is -2.26. The Kier molecular flexibility index (Phi) is 3.53. The van der Waals surface area contributed by atoms with Gasteiger partial charge in [0, 0.05) is 11.8 Å². The number of Topliss-reactive ketones (excluding diaryl/α,β-unsaturated/α-hetero) is 1. The van der Waals surface area contributed by atoms with E-state index >= 15 is 0 Å². The van der Waals surface area contributed by atoms with E-state index in [0.29, 0.717) is 12.3 Å². The molecule has 1 unspecified atom stereocenters. The molecular formula is C12H20O3. The zero-order valence-electron chi connectivity index (χ0n) is 9.75. The van der Waals surface area contributed by atoms with Gasteiger partial charge in [0.1, 0.15) is 5.78 Å². The maximum absolute atomic E-state index is 11.7. The summed E-state index contributed by atoms with van der Waals surface area (Å²) >= 11 is 0. The van der Waals surface area contributed by atoms with Crippen molar-refractivity contribution in [2.24, 2.45) is 17.3 Å². The van der Waals surface area contributed by atoms with Crippen molar-refractivity contribution in [2.45, 2.75) is 46.5 Å². The van der Waals surface area contributed by atoms with E-state index in [4.69, 9.17) is 5.11 Å². The van der Waals surface area contributed by atoms with Crippen LogP contribution in [0.2, 0.25) is 0 Å². The van der Waals surface area contributed by atoms with Gasteiger partial charge < -0.3 is 5.11 Å². The van der Waals surface area contributed by atoms with Crippen molar-refractivity contribution >= 4 is 11.8 Å². The highest BCUT2D eigenvalue weighted by molar-refractivity contribution is 5.87. The molecule has 0 heterocycles. The Balaban J connectivity index is 2.50. The summed E-state index contributed by atoms with van der Waals surface area (Å²) in [4.78, 5) is 22.7. The highest BCUT2D eigenvalue weighted by Crippen LogP contribution is 2.37. The molecule has 0 amide bonds. The minimum atomic E-state index is -0.820. The van der Waals surface area contributed by atoms with E-state index in [2.05, 4.69) is 0 Å². The van der Waals surface area contributed by atoms with Crippen LogP contribution >= 0.6 is 0 Å². The normalized spacial score (nSPS) is 18.6. The fourth-order valence-electron chi connectivity index (χ4n) is 1.56. The first-order valence-electron chi connectivity index (χ1n) is 5.57. The summed E-state index contributed by atoms with van der Waals surface area (Å²) in [6.45, 7) is 5.52. The van der Waals surface area contributed by atoms with Gasteiger partial charge in [0.25, 0.3) is 0 Å². The molecule has 0 spiro atoms. The van der Waals surface area contributed by atoms with E-state index in [1.165, 1.54) is 0 Å². The highest BCUT2D eigenvalue weighted by Gasteiger charge is 2.33. The monoisotopic (exact) mass is 212 g/mol. The molecule has 0 aromatic carbocycles. The van der Waals surface area contributed by atoms with Gasteiger partial charge in [-0.2, -0.15) is 0 Å². The van der Waals surface area contributed by atoms with Crippen LogP contribution in [0, 0.1) is 17.3 Å². The van der Waals surface area contributed by atoms with E-state index in [9.17, 15) is 9.59 Å². The van der Waals surface area contributed by atoms with Crippen molar-refractivity contribution in [3.63, 3.8) is 0 Å². The predicted molar refractivity (Wildman–Crippen MR) is 57.5 cm³/mol. The number of ketones is 1. The minimum absolute atomic E-state index is 0.0514. The Morgan fingerprint density at radius 1 is 1.33 bits per heavy atom. The molecule has 3 heteroatoms. The minimum Gasteiger partial charge on any atom is -0.481 e. The Morgan fingerprint density at radius 3 is 2.20 bits per heavy atom. The molecule has 1 atom stereocenters. The van der Waals surface area contributed by atoms with Gasteiger partial charge in [-0.15, -0.1) is 0 Å². The quantitative estimate of drug-likeness (QED) is 0.761. The second-order valence-electron chi connectivity index (χ2n) is 5.59. The molecule has 0 aliphatic heterocycles. The second kappa shape index (κ2) is 4.33. The van der Waals surface area contributed by atoms with Crippen LogP contribution in [0.25, 0.3) is 0 Å². The molecule has 0 saturated heterocycles. The van der Waals surface area contributed by atoms with Crippen LogP contribution < -0.4 is 0 Å². The van der Waals surface area contributed by atoms with Crippen molar-refractivity contribution in [2.75, 3.05) is 0 Å². The maximum Gasteiger partial charge on any atom is 0.306 e. The Bertz CT molecular complexity index is 259. The molecule has 0 aromatic heterocycles. The van der Waals surface area contributed by atoms with Gasteiger partial charge in [-0.3, -0.25) is 9.59 Å². The van der Waals surface area contributed by atoms with Crippen LogP contribution in [0.3, 0.4) is 0 Å². The molecule has 1 fully saturated rings. The number of carboxylic acid groups (broad SMARTS) is 1. The first kappa shape index (κ1) is 12.2. The third-order valence-corrected chi connectivity index (χ3v) is 2.93. The summed E-state index contributed by atoms with van der Waals surface area (Å²) in [6.07, 6.45) is 3.13. The number of hydrogen-bond acceptors (Lipinski definition) is 2. The van der Waals surface area contributed by atoms with Crippen molar-refractivity contribution in [1.82, 2.24) is 0 Å². The second-order valence-corrected chi connectivity index (χ2v) is 5.59. The molecule has 3 nitrogen and oxygen atoms in total. The summed E-state index contributed by atoms with van der Waals surface area (Å²) in [7, 11) is 0. The summed E-state index contributed by atoms with van der Waals surface area (Å²) in [6, 6.07) is 0. The van der Waals surface area contributed by atoms with Gasteiger partial charge in [0.2, 0.25) is 0 Å². The van der Waals surface area contributed by atoms with Gasteiger partial charge in [-0.25, -0.2) is 0 Å². The van der Waals surface area contributed by atoms with Gasteiger partial charge in [0.15, 0.2) is 0 Å². The number of carboxylic acids is 1. The van der Waals surface area contributed by atoms with Crippen molar-refractivity contribution in [1.29, 1.82) is 0 Å². The van der Waals surface area contributed by atoms with E-state index in [1.54, 1.807) is 0 Å². The summed E-state index contributed by atoms with van der Waals surface area (Å²) in [5.41, 5.74) is -0.419. The molecule has 1 N–H and O–H groups in total. The van der Waals surface area contributed by atoms with Crippen LogP contribution in [0.1, 0.15) is 46.5 Å². The highest BCUT2D eigenvalue weighted by atomic mass is 16.4. The number of hydrogen-bond donors (Lipinski definition) is 1. The number of carbonyl (C=O) groups excluding carboxylic acids is 1. The summed E-state index contributed by atoms with van der Waals surface area (Å²) in [5.74, 6) is -0.682. The zero-order chi connectivity index (χ0) is 11.6. The molecule has 1 rings (SSSR count). The van der Waals surface area contributed by atoms with Crippen molar-refractivity contribution in [3.05, 3.63) is 0 Å². The molecular weight excluding hydrogens is 192 g/mol. The standard InChI is InChI=1S/C12H20O3/c1-12(2,3)10(13)7-9(11(14)15)6-8-4-5-8/h8-9H,4-7H2,1-3H3,(H,14,15). The van der Waals surface area contributed by atoms with Crippen LogP contribution in [0.5, 0.6) is 0 Å². The van der Waals surface area contributed by atoms with Gasteiger partial charge in [-0.05, 0) is 12.3 Å². The van der Waals surface area contributed by atoms with Gasteiger partial charge in [0.05, 0.1) is 5.92 Å². The van der Waals surface area contributed by atoms with E-state index < -0.39 is 17.3 Å². The lowest BCUT2D eigenvalue weighted by molar-refractivity contribution is -0.145. The fraction of sp³-hybridized carbons (Fsp3) is 0.833. The van der Waals surface area contributed by atoms with E-state index in [-0.39, 0.29) is 12.2 Å². The molecule has 1 aliphatic rings. The molecule has 1 aliphatic carbocycles. The third-order valence-electron chi connectivity index (χ3n) is 2.93. The van der Waals surface area contributed by atoms with Crippen molar-refractivity contribution < 1.29 is 14.7 Å². The average Bonchev–Trinajstić information content (AvgIpc) is 2.84. The molecule has 86 valence electrons. The topological polar surface area (TPSA) is 54.4 Å². The lowest BCUT2D eigenvalue weighted by Gasteiger charge is -2.19. The third kappa shape index (κ3) is 4.02. The van der Waals surface area contributed by atoms with Crippen LogP contribution in [-0.4, -0.2) is 16.9 Å². The van der Waals surface area contributed by atoms with Crippen LogP contribution in [-0.2, 0) is 9.59 Å². The van der Waals surface area contributed by atoms with Crippen LogP contribution in [0.15, 0.2) is 0 Å². The number of rotatable bonds is 5. The zero-order valence-corrected chi connectivity index (χ0v) is 9.75. The lowest BCUT2D eigenvalue weighted by atomic mass is 9.84. The largest absolute Gasteiger partial charge is 0.481 e. The van der Waals surface area contributed by atoms with E-state index in [1.807, 2.05) is 20.8 Å². The predicted octanol–water partition coefficient (Wildman–Crippen LogP) is 2.49. The Labute approximate surface area is 90.9 Å². The smallest absolute Gasteiger partial charge is 0.306 e. The SMILES string of the molecule is CC(C)(C)C(=O)CC(CC1CC1)C(=O)O. The first-order chi connectivity index (χ1) is 6.80. The maximum atomic E-state index is 11.7. The molecule has 0 bridgehead atoms. The van der Waals surface area contributed by atoms with Gasteiger partial charge >= 0.3 is 5.97 Å². The van der Waals surface area contributed by atoms with Crippen molar-refractivity contribution in [3.8, 4) is 0 Å². The molecule has 15 heavy (non-hydrogen) atoms. The molecule has 0 aromatic rings. The fourth-order valence-corrected chi connectivity index (χ4v) is 1.56. The number of carbonyl (C=O) groups is 2. The average molecular weight is 212 g/mol. The number of aliphatic carboxylic acids is 1. The molecule has 0 radical (unpaired) electrons. The van der Waals surface area contributed by atoms with Crippen LogP contribution in [0.4, 0.5) is 0 Å². The Hall–Kier alpha value is -0.860. The summed E-state index contributed by atoms with van der Waals surface area (Å²) in [5, 5.41) is 9.01. The molecule has 1 saturated carbocycles. The first-order valence-corrected chi connectivity index (χ1v) is 5.57.